The molecule has 6 rings (SSSR count). The first-order chi connectivity index (χ1) is 20.2. The van der Waals surface area contributed by atoms with E-state index in [0.717, 1.165) is 39.4 Å². The normalized spacial score (nSPS) is 17.5. The van der Waals surface area contributed by atoms with Crippen LogP contribution < -0.4 is 4.74 Å². The van der Waals surface area contributed by atoms with Crippen LogP contribution in [0.15, 0.2) is 89.6 Å². The van der Waals surface area contributed by atoms with Crippen LogP contribution in [0.1, 0.15) is 36.1 Å². The molecule has 1 aromatic heterocycles. The summed E-state index contributed by atoms with van der Waals surface area (Å²) in [7, 11) is 0. The summed E-state index contributed by atoms with van der Waals surface area (Å²) < 4.78 is 21.2. The number of halogens is 1. The minimum Gasteiger partial charge on any atom is -0.490 e. The number of carbonyl (C=O) groups excluding carboxylic acids is 2. The Bertz CT molecular complexity index is 1850. The number of imide groups is 1. The number of hydrogen-bond acceptors (Lipinski definition) is 5. The van der Waals surface area contributed by atoms with Gasteiger partial charge in [-0.2, -0.15) is 10.4 Å². The summed E-state index contributed by atoms with van der Waals surface area (Å²) in [6, 6.07) is 21.3. The molecule has 0 fully saturated rings. The smallest absolute Gasteiger partial charge is 0.271 e. The fourth-order valence-corrected chi connectivity index (χ4v) is 5.49. The molecule has 2 aliphatic heterocycles. The Morgan fingerprint density at radius 3 is 2.52 bits per heavy atom. The summed E-state index contributed by atoms with van der Waals surface area (Å²) in [4.78, 5) is 28.1. The van der Waals surface area contributed by atoms with Gasteiger partial charge in [0, 0.05) is 29.3 Å². The van der Waals surface area contributed by atoms with E-state index in [0.29, 0.717) is 22.4 Å². The molecule has 3 heterocycles. The maximum absolute atomic E-state index is 13.8. The summed E-state index contributed by atoms with van der Waals surface area (Å²) in [5.74, 6) is -0.741. The quantitative estimate of drug-likeness (QED) is 0.218. The van der Waals surface area contributed by atoms with Gasteiger partial charge in [0.25, 0.3) is 11.8 Å². The van der Waals surface area contributed by atoms with E-state index in [1.54, 1.807) is 17.7 Å². The molecular formula is C34H27FN4O3. The van der Waals surface area contributed by atoms with Crippen molar-refractivity contribution in [3.63, 3.8) is 0 Å². The lowest BCUT2D eigenvalue weighted by molar-refractivity contribution is -0.141. The van der Waals surface area contributed by atoms with Crippen molar-refractivity contribution in [2.45, 2.75) is 39.8 Å². The topological polar surface area (TPSA) is 88.2 Å². The second-order valence-corrected chi connectivity index (χ2v) is 10.6. The van der Waals surface area contributed by atoms with Gasteiger partial charge in [0.05, 0.1) is 17.9 Å². The average Bonchev–Trinajstić information content (AvgIpc) is 3.58. The first-order valence-electron chi connectivity index (χ1n) is 13.6. The van der Waals surface area contributed by atoms with E-state index >= 15 is 0 Å². The standard InChI is InChI=1S/C34H27FN4O3/c1-20-13-24(15-25-14-21(2)42-32(20)25)31-26(19-39(37-31)28-7-5-4-6-8-28)16-29-22(3)30(17-36)34(41)38(33(29)40)18-23-9-11-27(35)12-10-23/h4-13,15-16,19,21H,14,18H2,1-3H3/b29-16+. The molecule has 0 bridgehead atoms. The summed E-state index contributed by atoms with van der Waals surface area (Å²) >= 11 is 0. The lowest BCUT2D eigenvalue weighted by Gasteiger charge is -2.27. The molecule has 0 saturated heterocycles. The van der Waals surface area contributed by atoms with Crippen LogP contribution in [-0.2, 0) is 22.6 Å². The minimum atomic E-state index is -0.676. The molecule has 1 atom stereocenters. The number of nitrogens with zero attached hydrogens (tertiary/aromatic N) is 4. The highest BCUT2D eigenvalue weighted by Crippen LogP contribution is 2.38. The summed E-state index contributed by atoms with van der Waals surface area (Å²) in [5, 5.41) is 14.8. The van der Waals surface area contributed by atoms with E-state index in [1.165, 1.54) is 24.3 Å². The van der Waals surface area contributed by atoms with Gasteiger partial charge in [-0.15, -0.1) is 0 Å². The van der Waals surface area contributed by atoms with Gasteiger partial charge in [0.15, 0.2) is 0 Å². The van der Waals surface area contributed by atoms with Crippen LogP contribution in [0.25, 0.3) is 23.0 Å². The maximum Gasteiger partial charge on any atom is 0.271 e. The third-order valence-electron chi connectivity index (χ3n) is 7.59. The fourth-order valence-electron chi connectivity index (χ4n) is 5.49. The second kappa shape index (κ2) is 10.6. The van der Waals surface area contributed by atoms with Crippen molar-refractivity contribution in [3.8, 4) is 28.8 Å². The predicted octanol–water partition coefficient (Wildman–Crippen LogP) is 6.10. The molecule has 0 aliphatic carbocycles. The van der Waals surface area contributed by atoms with Crippen LogP contribution in [-0.4, -0.2) is 32.6 Å². The Hall–Kier alpha value is -5.29. The van der Waals surface area contributed by atoms with Crippen molar-refractivity contribution in [2.24, 2.45) is 0 Å². The minimum absolute atomic E-state index is 0.0825. The molecule has 8 heteroatoms. The molecule has 4 aromatic rings. The second-order valence-electron chi connectivity index (χ2n) is 10.6. The lowest BCUT2D eigenvalue weighted by atomic mass is 9.92. The molecule has 1 unspecified atom stereocenters. The van der Waals surface area contributed by atoms with Crippen molar-refractivity contribution in [2.75, 3.05) is 0 Å². The number of carbonyl (C=O) groups is 2. The van der Waals surface area contributed by atoms with Crippen molar-refractivity contribution in [1.29, 1.82) is 5.26 Å². The Balaban J connectivity index is 1.50. The third-order valence-corrected chi connectivity index (χ3v) is 7.59. The molecule has 0 N–H and O–H groups in total. The van der Waals surface area contributed by atoms with Crippen LogP contribution in [0.3, 0.4) is 0 Å². The van der Waals surface area contributed by atoms with E-state index in [4.69, 9.17) is 9.84 Å². The first kappa shape index (κ1) is 26.9. The molecule has 0 radical (unpaired) electrons. The van der Waals surface area contributed by atoms with Crippen molar-refractivity contribution in [3.05, 3.63) is 118 Å². The van der Waals surface area contributed by atoms with E-state index in [9.17, 15) is 19.2 Å². The van der Waals surface area contributed by atoms with Crippen LogP contribution >= 0.6 is 0 Å². The zero-order valence-electron chi connectivity index (χ0n) is 23.4. The Labute approximate surface area is 242 Å². The molecule has 0 saturated carbocycles. The number of fused-ring (bicyclic) bond motifs is 1. The number of hydrogen-bond donors (Lipinski definition) is 0. The maximum atomic E-state index is 13.8. The number of aromatic nitrogens is 2. The summed E-state index contributed by atoms with van der Waals surface area (Å²) in [6.07, 6.45) is 4.40. The van der Waals surface area contributed by atoms with Gasteiger partial charge in [-0.25, -0.2) is 9.07 Å². The van der Waals surface area contributed by atoms with Crippen molar-refractivity contribution >= 4 is 17.9 Å². The number of ether oxygens (including phenoxy) is 1. The van der Waals surface area contributed by atoms with E-state index in [1.807, 2.05) is 62.5 Å². The number of rotatable bonds is 5. The molecule has 7 nitrogen and oxygen atoms in total. The number of nitriles is 1. The number of amides is 2. The molecule has 208 valence electrons. The number of aryl methyl sites for hydroxylation is 1. The van der Waals surface area contributed by atoms with Gasteiger partial charge < -0.3 is 4.74 Å². The van der Waals surface area contributed by atoms with Gasteiger partial charge in [0.2, 0.25) is 0 Å². The predicted molar refractivity (Wildman–Crippen MR) is 156 cm³/mol. The van der Waals surface area contributed by atoms with Crippen molar-refractivity contribution in [1.82, 2.24) is 14.7 Å². The van der Waals surface area contributed by atoms with E-state index in [-0.39, 0.29) is 23.8 Å². The van der Waals surface area contributed by atoms with Gasteiger partial charge in [0.1, 0.15) is 29.3 Å². The molecular weight excluding hydrogens is 531 g/mol. The molecule has 0 spiro atoms. The van der Waals surface area contributed by atoms with Gasteiger partial charge in [-0.05, 0) is 85.5 Å². The van der Waals surface area contributed by atoms with Crippen LogP contribution in [0, 0.1) is 24.1 Å². The zero-order valence-corrected chi connectivity index (χ0v) is 23.4. The number of benzene rings is 3. The highest BCUT2D eigenvalue weighted by molar-refractivity contribution is 6.19. The summed E-state index contributed by atoms with van der Waals surface area (Å²) in [6.45, 7) is 5.55. The Morgan fingerprint density at radius 1 is 1.07 bits per heavy atom. The van der Waals surface area contributed by atoms with Crippen molar-refractivity contribution < 1.29 is 18.7 Å². The molecule has 2 amide bonds. The Morgan fingerprint density at radius 2 is 1.81 bits per heavy atom. The molecule has 3 aromatic carbocycles. The fraction of sp³-hybridized carbons (Fsp3) is 0.176. The highest BCUT2D eigenvalue weighted by Gasteiger charge is 2.36. The average molecular weight is 559 g/mol. The largest absolute Gasteiger partial charge is 0.490 e. The SMILES string of the molecule is CC1=C(C#N)C(=O)N(Cc2ccc(F)cc2)C(=O)/C1=C/c1cn(-c2ccccc2)nc1-c1cc(C)c2c(c1)CC(C)O2. The molecule has 2 aliphatic rings. The third kappa shape index (κ3) is 4.79. The highest BCUT2D eigenvalue weighted by atomic mass is 19.1. The zero-order chi connectivity index (χ0) is 29.5. The summed E-state index contributed by atoms with van der Waals surface area (Å²) in [5.41, 5.74) is 6.08. The number of para-hydroxylation sites is 1. The van der Waals surface area contributed by atoms with Gasteiger partial charge >= 0.3 is 0 Å². The van der Waals surface area contributed by atoms with Crippen LogP contribution in [0.2, 0.25) is 0 Å². The van der Waals surface area contributed by atoms with Crippen LogP contribution in [0.4, 0.5) is 4.39 Å². The van der Waals surface area contributed by atoms with Crippen LogP contribution in [0.5, 0.6) is 5.75 Å². The van der Waals surface area contributed by atoms with Gasteiger partial charge in [-0.3, -0.25) is 14.5 Å². The monoisotopic (exact) mass is 558 g/mol. The Kier molecular flexibility index (Phi) is 6.79. The van der Waals surface area contributed by atoms with E-state index in [2.05, 4.69) is 6.07 Å². The molecule has 42 heavy (non-hydrogen) atoms. The lowest BCUT2D eigenvalue weighted by Crippen LogP contribution is -2.42. The van der Waals surface area contributed by atoms with E-state index < -0.39 is 17.6 Å². The van der Waals surface area contributed by atoms with Gasteiger partial charge in [-0.1, -0.05) is 30.3 Å². The first-order valence-corrected chi connectivity index (χ1v) is 13.6.